The number of benzene rings is 1. The van der Waals surface area contributed by atoms with E-state index in [0.29, 0.717) is 22.9 Å². The van der Waals surface area contributed by atoms with Crippen molar-refractivity contribution in [2.75, 3.05) is 49.8 Å². The molecule has 8 heteroatoms. The Morgan fingerprint density at radius 3 is 2.50 bits per heavy atom. The number of anilines is 3. The maximum Gasteiger partial charge on any atom is 0.229 e. The molecule has 3 N–H and O–H groups in total. The Labute approximate surface area is 140 Å². The van der Waals surface area contributed by atoms with E-state index in [-0.39, 0.29) is 0 Å². The smallest absolute Gasteiger partial charge is 0.229 e. The van der Waals surface area contributed by atoms with Crippen molar-refractivity contribution in [1.29, 1.82) is 0 Å². The number of hydrogen-bond acceptors (Lipinski definition) is 7. The number of nitrogen functional groups attached to an aromatic ring is 1. The number of likely N-dealkylation sites (N-methyl/N-ethyl adjacent to an activating group) is 2. The molecular weight excluding hydrogens is 306 g/mol. The number of fused-ring (bicyclic) bond motifs is 1. The molecule has 0 aliphatic heterocycles. The predicted octanol–water partition coefficient (Wildman–Crippen LogP) is 1.52. The molecule has 2 aromatic heterocycles. The van der Waals surface area contributed by atoms with E-state index in [1.807, 2.05) is 43.3 Å². The lowest BCUT2D eigenvalue weighted by atomic mass is 10.3. The van der Waals surface area contributed by atoms with Crippen molar-refractivity contribution in [3.63, 3.8) is 0 Å². The Hall–Kier alpha value is -3.03. The van der Waals surface area contributed by atoms with Crippen LogP contribution in [0.2, 0.25) is 0 Å². The first-order valence-corrected chi connectivity index (χ1v) is 7.61. The highest BCUT2D eigenvalue weighted by molar-refractivity contribution is 5.82. The van der Waals surface area contributed by atoms with Crippen LogP contribution in [0.15, 0.2) is 30.6 Å². The van der Waals surface area contributed by atoms with Gasteiger partial charge >= 0.3 is 0 Å². The van der Waals surface area contributed by atoms with Crippen LogP contribution in [0.25, 0.3) is 11.2 Å². The highest BCUT2D eigenvalue weighted by Gasteiger charge is 2.11. The molecule has 0 amide bonds. The lowest BCUT2D eigenvalue weighted by Crippen LogP contribution is -2.31. The molecule has 0 unspecified atom stereocenters. The third-order valence-corrected chi connectivity index (χ3v) is 3.93. The van der Waals surface area contributed by atoms with Gasteiger partial charge in [0, 0.05) is 32.9 Å². The maximum absolute atomic E-state index is 5.94. The second kappa shape index (κ2) is 6.61. The van der Waals surface area contributed by atoms with Crippen LogP contribution in [0.1, 0.15) is 0 Å². The van der Waals surface area contributed by atoms with Crippen molar-refractivity contribution >= 4 is 28.6 Å². The minimum absolute atomic E-state index is 0.405. The Balaban J connectivity index is 1.65. The van der Waals surface area contributed by atoms with Crippen LogP contribution < -0.4 is 20.3 Å². The van der Waals surface area contributed by atoms with Gasteiger partial charge in [0.15, 0.2) is 11.5 Å². The number of H-pyrrole nitrogens is 1. The Morgan fingerprint density at radius 2 is 1.79 bits per heavy atom. The van der Waals surface area contributed by atoms with Crippen molar-refractivity contribution in [1.82, 2.24) is 19.9 Å². The molecule has 0 spiro atoms. The molecule has 0 radical (unpaired) electrons. The predicted molar refractivity (Wildman–Crippen MR) is 95.6 cm³/mol. The van der Waals surface area contributed by atoms with E-state index in [9.17, 15) is 0 Å². The molecule has 24 heavy (non-hydrogen) atoms. The number of hydrogen-bond donors (Lipinski definition) is 2. The molecule has 3 rings (SSSR count). The number of imidazole rings is 1. The number of nitrogens with zero attached hydrogens (tertiary/aromatic N) is 5. The van der Waals surface area contributed by atoms with E-state index in [1.165, 1.54) is 0 Å². The SMILES string of the molecule is COc1ccc(N(C)CCN(C)c2nc(N)c3[nH]cnc3n2)cc1. The first kappa shape index (κ1) is 15.9. The number of methoxy groups -OCH3 is 1. The van der Waals surface area contributed by atoms with Crippen molar-refractivity contribution < 1.29 is 4.74 Å². The standard InChI is InChI=1S/C16H21N7O/c1-22(11-4-6-12(24-3)7-5-11)8-9-23(2)16-20-14(17)13-15(21-16)19-10-18-13/h4-7,10H,8-9H2,1-3H3,(H3,17,18,19,20,21). The molecule has 1 aromatic carbocycles. The highest BCUT2D eigenvalue weighted by Crippen LogP contribution is 2.19. The Morgan fingerprint density at radius 1 is 1.08 bits per heavy atom. The summed E-state index contributed by atoms with van der Waals surface area (Å²) >= 11 is 0. The van der Waals surface area contributed by atoms with Gasteiger partial charge < -0.3 is 25.3 Å². The van der Waals surface area contributed by atoms with Gasteiger partial charge in [-0.3, -0.25) is 0 Å². The topological polar surface area (TPSA) is 96.2 Å². The number of nitrogens with two attached hydrogens (primary N) is 1. The largest absolute Gasteiger partial charge is 0.497 e. The summed E-state index contributed by atoms with van der Waals surface area (Å²) in [6, 6.07) is 7.96. The lowest BCUT2D eigenvalue weighted by molar-refractivity contribution is 0.415. The summed E-state index contributed by atoms with van der Waals surface area (Å²) in [5.41, 5.74) is 8.31. The van der Waals surface area contributed by atoms with Crippen molar-refractivity contribution in [2.24, 2.45) is 0 Å². The number of aromatic nitrogens is 4. The van der Waals surface area contributed by atoms with E-state index in [4.69, 9.17) is 10.5 Å². The molecule has 0 aliphatic carbocycles. The summed E-state index contributed by atoms with van der Waals surface area (Å²) in [6.45, 7) is 1.56. The van der Waals surface area contributed by atoms with Crippen LogP contribution in [0.3, 0.4) is 0 Å². The van der Waals surface area contributed by atoms with Crippen molar-refractivity contribution in [2.45, 2.75) is 0 Å². The molecule has 0 saturated carbocycles. The average Bonchev–Trinajstić information content (AvgIpc) is 3.08. The van der Waals surface area contributed by atoms with Gasteiger partial charge in [0.25, 0.3) is 0 Å². The zero-order valence-corrected chi connectivity index (χ0v) is 14.0. The highest BCUT2D eigenvalue weighted by atomic mass is 16.5. The molecule has 0 saturated heterocycles. The summed E-state index contributed by atoms with van der Waals surface area (Å²) in [6.07, 6.45) is 1.57. The Kier molecular flexibility index (Phi) is 4.37. The van der Waals surface area contributed by atoms with E-state index >= 15 is 0 Å². The van der Waals surface area contributed by atoms with Crippen LogP contribution >= 0.6 is 0 Å². The van der Waals surface area contributed by atoms with Crippen molar-refractivity contribution in [3.8, 4) is 5.75 Å². The van der Waals surface area contributed by atoms with Gasteiger partial charge in [-0.05, 0) is 24.3 Å². The fraction of sp³-hybridized carbons (Fsp3) is 0.312. The molecular formula is C16H21N7O. The molecule has 0 fully saturated rings. The van der Waals surface area contributed by atoms with E-state index in [1.54, 1.807) is 13.4 Å². The van der Waals surface area contributed by atoms with Gasteiger partial charge in [-0.15, -0.1) is 0 Å². The summed E-state index contributed by atoms with van der Waals surface area (Å²) < 4.78 is 5.18. The normalized spacial score (nSPS) is 10.8. The summed E-state index contributed by atoms with van der Waals surface area (Å²) in [7, 11) is 5.65. The van der Waals surface area contributed by atoms with Gasteiger partial charge in [-0.2, -0.15) is 9.97 Å². The van der Waals surface area contributed by atoms with E-state index in [2.05, 4.69) is 24.8 Å². The average molecular weight is 327 g/mol. The Bertz CT molecular complexity index is 815. The van der Waals surface area contributed by atoms with E-state index < -0.39 is 0 Å². The lowest BCUT2D eigenvalue weighted by Gasteiger charge is -2.24. The number of aromatic amines is 1. The first-order chi connectivity index (χ1) is 11.6. The molecule has 126 valence electrons. The monoisotopic (exact) mass is 327 g/mol. The number of nitrogens with one attached hydrogen (secondary N) is 1. The van der Waals surface area contributed by atoms with Gasteiger partial charge in [0.2, 0.25) is 5.95 Å². The third-order valence-electron chi connectivity index (χ3n) is 3.93. The van der Waals surface area contributed by atoms with Crippen LogP contribution in [0.4, 0.5) is 17.5 Å². The second-order valence-electron chi connectivity index (χ2n) is 5.55. The minimum Gasteiger partial charge on any atom is -0.497 e. The fourth-order valence-electron chi connectivity index (χ4n) is 2.38. The van der Waals surface area contributed by atoms with Crippen LogP contribution in [-0.2, 0) is 0 Å². The number of rotatable bonds is 6. The minimum atomic E-state index is 0.405. The summed E-state index contributed by atoms with van der Waals surface area (Å²) in [4.78, 5) is 20.0. The molecule has 0 atom stereocenters. The third kappa shape index (κ3) is 3.17. The molecule has 2 heterocycles. The van der Waals surface area contributed by atoms with Gasteiger partial charge in [-0.25, -0.2) is 4.98 Å². The van der Waals surface area contributed by atoms with Crippen LogP contribution in [0.5, 0.6) is 5.75 Å². The molecule has 3 aromatic rings. The quantitative estimate of drug-likeness (QED) is 0.708. The maximum atomic E-state index is 5.94. The van der Waals surface area contributed by atoms with Crippen LogP contribution in [-0.4, -0.2) is 54.2 Å². The molecule has 8 nitrogen and oxygen atoms in total. The molecule has 0 bridgehead atoms. The van der Waals surface area contributed by atoms with Gasteiger partial charge in [0.1, 0.15) is 11.3 Å². The number of ether oxygens (including phenoxy) is 1. The summed E-state index contributed by atoms with van der Waals surface area (Å²) in [5, 5.41) is 0. The summed E-state index contributed by atoms with van der Waals surface area (Å²) in [5.74, 6) is 1.82. The first-order valence-electron chi connectivity index (χ1n) is 7.61. The zero-order chi connectivity index (χ0) is 17.1. The molecule has 0 aliphatic rings. The van der Waals surface area contributed by atoms with Crippen molar-refractivity contribution in [3.05, 3.63) is 30.6 Å². The van der Waals surface area contributed by atoms with Gasteiger partial charge in [0.05, 0.1) is 13.4 Å². The van der Waals surface area contributed by atoms with Gasteiger partial charge in [-0.1, -0.05) is 0 Å². The van der Waals surface area contributed by atoms with E-state index in [0.717, 1.165) is 24.5 Å². The fourth-order valence-corrected chi connectivity index (χ4v) is 2.38. The second-order valence-corrected chi connectivity index (χ2v) is 5.55. The zero-order valence-electron chi connectivity index (χ0n) is 14.0. The van der Waals surface area contributed by atoms with Crippen LogP contribution in [0, 0.1) is 0 Å².